The Hall–Kier alpha value is -1.12. The maximum atomic E-state index is 11.5. The fourth-order valence-electron chi connectivity index (χ4n) is 1.74. The molecule has 1 aliphatic rings. The van der Waals surface area contributed by atoms with Crippen LogP contribution in [0.25, 0.3) is 0 Å². The number of hydrogen-bond acceptors (Lipinski definition) is 3. The van der Waals surface area contributed by atoms with Gasteiger partial charge < -0.3 is 4.74 Å². The number of carbonyl (C=O) groups is 2. The lowest BCUT2D eigenvalue weighted by Gasteiger charge is -2.20. The third-order valence-corrected chi connectivity index (χ3v) is 2.44. The molecule has 1 aliphatic carbocycles. The molecule has 0 bridgehead atoms. The summed E-state index contributed by atoms with van der Waals surface area (Å²) in [6.45, 7) is 3.66. The molecule has 1 unspecified atom stereocenters. The van der Waals surface area contributed by atoms with Crippen LogP contribution in [0.3, 0.4) is 0 Å². The number of hydrogen-bond donors (Lipinski definition) is 0. The average molecular weight is 196 g/mol. The highest BCUT2D eigenvalue weighted by molar-refractivity contribution is 5.97. The summed E-state index contributed by atoms with van der Waals surface area (Å²) in [5.74, 6) is -0.501. The number of ether oxygens (including phenoxy) is 1. The van der Waals surface area contributed by atoms with E-state index in [2.05, 4.69) is 0 Å². The van der Waals surface area contributed by atoms with Gasteiger partial charge in [0.25, 0.3) is 0 Å². The minimum atomic E-state index is -0.326. The fourth-order valence-corrected chi connectivity index (χ4v) is 1.74. The molecule has 0 aromatic rings. The first-order chi connectivity index (χ1) is 6.66. The van der Waals surface area contributed by atoms with Crippen molar-refractivity contribution in [2.24, 2.45) is 5.92 Å². The third kappa shape index (κ3) is 2.44. The van der Waals surface area contributed by atoms with Gasteiger partial charge in [0.15, 0.2) is 0 Å². The van der Waals surface area contributed by atoms with Crippen molar-refractivity contribution < 1.29 is 14.3 Å². The molecule has 0 aromatic carbocycles. The summed E-state index contributed by atoms with van der Waals surface area (Å²) >= 11 is 0. The van der Waals surface area contributed by atoms with Crippen molar-refractivity contribution >= 4 is 11.8 Å². The van der Waals surface area contributed by atoms with Gasteiger partial charge in [0, 0.05) is 11.5 Å². The molecule has 0 aromatic heterocycles. The molecule has 1 atom stereocenters. The van der Waals surface area contributed by atoms with E-state index in [9.17, 15) is 9.59 Å². The van der Waals surface area contributed by atoms with Crippen molar-refractivity contribution in [3.05, 3.63) is 11.6 Å². The molecule has 0 N–H and O–H groups in total. The van der Waals surface area contributed by atoms with Crippen LogP contribution in [-0.2, 0) is 14.3 Å². The Balaban J connectivity index is 2.76. The zero-order valence-electron chi connectivity index (χ0n) is 8.71. The summed E-state index contributed by atoms with van der Waals surface area (Å²) in [5, 5.41) is 0. The van der Waals surface area contributed by atoms with Crippen molar-refractivity contribution in [3.63, 3.8) is 0 Å². The van der Waals surface area contributed by atoms with E-state index < -0.39 is 0 Å². The Labute approximate surface area is 84.1 Å². The molecular formula is C11H16O3. The summed E-state index contributed by atoms with van der Waals surface area (Å²) in [5.41, 5.74) is 0.561. The highest BCUT2D eigenvalue weighted by Crippen LogP contribution is 2.26. The second-order valence-corrected chi connectivity index (χ2v) is 3.47. The van der Waals surface area contributed by atoms with Gasteiger partial charge in [-0.05, 0) is 33.1 Å². The molecule has 0 saturated carbocycles. The van der Waals surface area contributed by atoms with Crippen LogP contribution in [0.5, 0.6) is 0 Å². The molecule has 0 fully saturated rings. The molecule has 3 nitrogen and oxygen atoms in total. The lowest BCUT2D eigenvalue weighted by molar-refractivity contribution is -0.140. The van der Waals surface area contributed by atoms with Crippen LogP contribution < -0.4 is 0 Å². The molecule has 0 saturated heterocycles. The van der Waals surface area contributed by atoms with Gasteiger partial charge in [0.1, 0.15) is 5.78 Å². The van der Waals surface area contributed by atoms with Crippen molar-refractivity contribution in [3.8, 4) is 0 Å². The molecular weight excluding hydrogens is 180 g/mol. The van der Waals surface area contributed by atoms with E-state index in [1.54, 1.807) is 6.92 Å². The van der Waals surface area contributed by atoms with E-state index in [1.165, 1.54) is 6.92 Å². The summed E-state index contributed by atoms with van der Waals surface area (Å²) < 4.78 is 4.90. The molecule has 0 aliphatic heterocycles. The standard InChI is InChI=1S/C11H16O3/c1-3-14-11(13)10-7-5-4-6-9(10)8(2)12/h7,9H,3-6H2,1-2H3. The van der Waals surface area contributed by atoms with E-state index in [0.29, 0.717) is 12.2 Å². The molecule has 3 heteroatoms. The first-order valence-electron chi connectivity index (χ1n) is 5.04. The number of esters is 1. The maximum Gasteiger partial charge on any atom is 0.334 e. The first-order valence-corrected chi connectivity index (χ1v) is 5.04. The molecule has 14 heavy (non-hydrogen) atoms. The minimum absolute atomic E-state index is 0.0593. The topological polar surface area (TPSA) is 43.4 Å². The van der Waals surface area contributed by atoms with Gasteiger partial charge in [0.05, 0.1) is 6.61 Å². The number of carbonyl (C=O) groups excluding carboxylic acids is 2. The number of Topliss-reactive ketones (excluding diaryl/α,β-unsaturated/α-hetero) is 1. The lowest BCUT2D eigenvalue weighted by atomic mass is 9.85. The quantitative estimate of drug-likeness (QED) is 0.647. The van der Waals surface area contributed by atoms with Gasteiger partial charge in [-0.2, -0.15) is 0 Å². The summed E-state index contributed by atoms with van der Waals surface area (Å²) in [7, 11) is 0. The highest BCUT2D eigenvalue weighted by atomic mass is 16.5. The molecule has 0 spiro atoms. The van der Waals surface area contributed by atoms with Crippen LogP contribution in [0.4, 0.5) is 0 Å². The molecule has 0 amide bonds. The largest absolute Gasteiger partial charge is 0.463 e. The number of ketones is 1. The lowest BCUT2D eigenvalue weighted by Crippen LogP contribution is -2.23. The predicted octanol–water partition coefficient (Wildman–Crippen LogP) is 1.86. The van der Waals surface area contributed by atoms with Crippen molar-refractivity contribution in [2.45, 2.75) is 33.1 Å². The van der Waals surface area contributed by atoms with E-state index in [0.717, 1.165) is 19.3 Å². The zero-order chi connectivity index (χ0) is 10.6. The van der Waals surface area contributed by atoms with Crippen LogP contribution in [-0.4, -0.2) is 18.4 Å². The molecule has 0 radical (unpaired) electrons. The van der Waals surface area contributed by atoms with Crippen LogP contribution in [0, 0.1) is 5.92 Å². The van der Waals surface area contributed by atoms with E-state index in [-0.39, 0.29) is 17.7 Å². The SMILES string of the molecule is CCOC(=O)C1=CCCCC1C(C)=O. The molecule has 0 heterocycles. The summed E-state index contributed by atoms with van der Waals surface area (Å²) in [6, 6.07) is 0. The Morgan fingerprint density at radius 1 is 1.57 bits per heavy atom. The number of allylic oxidation sites excluding steroid dienone is 1. The highest BCUT2D eigenvalue weighted by Gasteiger charge is 2.27. The Kier molecular flexibility index (Phi) is 3.86. The van der Waals surface area contributed by atoms with Gasteiger partial charge in [-0.25, -0.2) is 4.79 Å². The molecule has 78 valence electrons. The van der Waals surface area contributed by atoms with E-state index >= 15 is 0 Å². The first kappa shape index (κ1) is 11.0. The summed E-state index contributed by atoms with van der Waals surface area (Å²) in [4.78, 5) is 22.7. The van der Waals surface area contributed by atoms with Crippen molar-refractivity contribution in [1.29, 1.82) is 0 Å². The van der Waals surface area contributed by atoms with Crippen LogP contribution >= 0.6 is 0 Å². The maximum absolute atomic E-state index is 11.5. The minimum Gasteiger partial charge on any atom is -0.463 e. The predicted molar refractivity (Wildman–Crippen MR) is 52.7 cm³/mol. The Morgan fingerprint density at radius 3 is 2.86 bits per heavy atom. The fraction of sp³-hybridized carbons (Fsp3) is 0.636. The van der Waals surface area contributed by atoms with Gasteiger partial charge in [-0.15, -0.1) is 0 Å². The number of rotatable bonds is 3. The van der Waals surface area contributed by atoms with Crippen molar-refractivity contribution in [1.82, 2.24) is 0 Å². The van der Waals surface area contributed by atoms with Gasteiger partial charge in [0.2, 0.25) is 0 Å². The monoisotopic (exact) mass is 196 g/mol. The van der Waals surface area contributed by atoms with E-state index in [1.807, 2.05) is 6.08 Å². The normalized spacial score (nSPS) is 21.3. The zero-order valence-corrected chi connectivity index (χ0v) is 8.71. The van der Waals surface area contributed by atoms with Gasteiger partial charge >= 0.3 is 5.97 Å². The second kappa shape index (κ2) is 4.94. The second-order valence-electron chi connectivity index (χ2n) is 3.47. The molecule has 1 rings (SSSR count). The third-order valence-electron chi connectivity index (χ3n) is 2.44. The van der Waals surface area contributed by atoms with Gasteiger partial charge in [-0.1, -0.05) is 6.08 Å². The summed E-state index contributed by atoms with van der Waals surface area (Å²) in [6.07, 6.45) is 4.47. The van der Waals surface area contributed by atoms with Crippen LogP contribution in [0.2, 0.25) is 0 Å². The Morgan fingerprint density at radius 2 is 2.29 bits per heavy atom. The van der Waals surface area contributed by atoms with Gasteiger partial charge in [-0.3, -0.25) is 4.79 Å². The van der Waals surface area contributed by atoms with Crippen molar-refractivity contribution in [2.75, 3.05) is 6.61 Å². The Bertz CT molecular complexity index is 266. The average Bonchev–Trinajstić information content (AvgIpc) is 2.18. The van der Waals surface area contributed by atoms with E-state index in [4.69, 9.17) is 4.74 Å². The smallest absolute Gasteiger partial charge is 0.334 e. The van der Waals surface area contributed by atoms with Crippen LogP contribution in [0.1, 0.15) is 33.1 Å². The van der Waals surface area contributed by atoms with Crippen LogP contribution in [0.15, 0.2) is 11.6 Å².